The van der Waals surface area contributed by atoms with Gasteiger partial charge in [0.15, 0.2) is 0 Å². The molecule has 0 saturated carbocycles. The van der Waals surface area contributed by atoms with E-state index in [1.165, 1.54) is 0 Å². The molecule has 1 N–H and O–H groups in total. The molecule has 1 aromatic rings. The number of aliphatic hydroxyl groups is 1. The molecule has 1 aromatic carbocycles. The molecule has 0 fully saturated rings. The van der Waals surface area contributed by atoms with Gasteiger partial charge in [0.2, 0.25) is 0 Å². The van der Waals surface area contributed by atoms with Gasteiger partial charge in [0, 0.05) is 5.56 Å². The third kappa shape index (κ3) is 3.00. The molecule has 50 valence electrons. The molecule has 0 aliphatic rings. The van der Waals surface area contributed by atoms with E-state index in [1.807, 2.05) is 0 Å². The molecule has 1 nitrogen and oxygen atoms in total. The van der Waals surface area contributed by atoms with E-state index >= 15 is 0 Å². The van der Waals surface area contributed by atoms with Gasteiger partial charge in [-0.05, 0) is 0 Å². The molecule has 0 amide bonds. The molecule has 0 aliphatic heterocycles. The van der Waals surface area contributed by atoms with Crippen LogP contribution in [0.4, 0.5) is 0 Å². The van der Waals surface area contributed by atoms with Gasteiger partial charge >= 0.3 is 29.6 Å². The predicted molar refractivity (Wildman–Crippen MR) is 39.7 cm³/mol. The van der Waals surface area contributed by atoms with E-state index in [0.29, 0.717) is 0 Å². The van der Waals surface area contributed by atoms with Crippen molar-refractivity contribution in [1.82, 2.24) is 0 Å². The number of hydrogen-bond donors (Lipinski definition) is 1. The van der Waals surface area contributed by atoms with E-state index < -0.39 is 0 Å². The van der Waals surface area contributed by atoms with Crippen LogP contribution in [0.3, 0.4) is 0 Å². The minimum Gasteiger partial charge on any atom is -0.429 e. The molecule has 0 aromatic heterocycles. The largest absolute Gasteiger partial charge is 1.00 e. The standard InChI is InChI=1S/C9H7O.Na/c1-2-8-3-5-9(7-10)6-4-8;/h1,3-7,10H;/q-1;+1. The fourth-order valence-corrected chi connectivity index (χ4v) is 0.665. The Morgan fingerprint density at radius 2 is 1.82 bits per heavy atom. The van der Waals surface area contributed by atoms with E-state index in [1.54, 1.807) is 24.3 Å². The quantitative estimate of drug-likeness (QED) is 0.298. The predicted octanol–water partition coefficient (Wildman–Crippen LogP) is -1.45. The molecule has 0 atom stereocenters. The summed E-state index contributed by atoms with van der Waals surface area (Å²) in [7, 11) is 0. The van der Waals surface area contributed by atoms with E-state index in [2.05, 4.69) is 5.92 Å². The number of rotatable bonds is 1. The molecule has 0 heterocycles. The molecular weight excluding hydrogens is 147 g/mol. The normalized spacial score (nSPS) is 7.64. The summed E-state index contributed by atoms with van der Waals surface area (Å²) in [6.07, 6.45) is 5.12. The summed E-state index contributed by atoms with van der Waals surface area (Å²) < 4.78 is 0. The van der Waals surface area contributed by atoms with Gasteiger partial charge in [-0.2, -0.15) is 17.7 Å². The first-order valence-corrected chi connectivity index (χ1v) is 2.91. The summed E-state index contributed by atoms with van der Waals surface area (Å²) in [5, 5.41) is 8.52. The Bertz CT molecular complexity index is 245. The molecule has 2 heteroatoms. The van der Waals surface area contributed by atoms with Crippen LogP contribution in [-0.4, -0.2) is 5.11 Å². The molecule has 1 rings (SSSR count). The molecule has 11 heavy (non-hydrogen) atoms. The van der Waals surface area contributed by atoms with Crippen LogP contribution in [0.25, 0.3) is 0 Å². The van der Waals surface area contributed by atoms with Crippen molar-refractivity contribution in [3.63, 3.8) is 0 Å². The van der Waals surface area contributed by atoms with Gasteiger partial charge in [0.05, 0.1) is 0 Å². The summed E-state index contributed by atoms with van der Waals surface area (Å²) >= 11 is 0. The van der Waals surface area contributed by atoms with Crippen molar-refractivity contribution in [2.45, 2.75) is 0 Å². The fourth-order valence-electron chi connectivity index (χ4n) is 0.665. The number of terminal acetylenes is 1. The minimum atomic E-state index is 0. The van der Waals surface area contributed by atoms with Crippen molar-refractivity contribution < 1.29 is 34.7 Å². The van der Waals surface area contributed by atoms with E-state index in [-0.39, 0.29) is 29.6 Å². The second-order valence-electron chi connectivity index (χ2n) is 1.90. The van der Waals surface area contributed by atoms with Crippen molar-refractivity contribution in [2.75, 3.05) is 0 Å². The topological polar surface area (TPSA) is 20.2 Å². The summed E-state index contributed by atoms with van der Waals surface area (Å²) in [6.45, 7) is 1.04. The van der Waals surface area contributed by atoms with Crippen molar-refractivity contribution in [3.05, 3.63) is 42.0 Å². The van der Waals surface area contributed by atoms with Crippen LogP contribution in [0.15, 0.2) is 24.3 Å². The van der Waals surface area contributed by atoms with E-state index in [4.69, 9.17) is 11.5 Å². The number of hydrogen-bond acceptors (Lipinski definition) is 1. The number of benzene rings is 1. The van der Waals surface area contributed by atoms with E-state index in [9.17, 15) is 0 Å². The Labute approximate surface area is 88.7 Å². The SMILES string of the molecule is C#Cc1ccc([CH-]O)cc1.[Na+]. The van der Waals surface area contributed by atoms with Gasteiger partial charge in [0.1, 0.15) is 0 Å². The Balaban J connectivity index is 0.000001000. The average molecular weight is 154 g/mol. The molecule has 0 unspecified atom stereocenters. The van der Waals surface area contributed by atoms with Gasteiger partial charge in [0.25, 0.3) is 0 Å². The monoisotopic (exact) mass is 154 g/mol. The molecule has 0 bridgehead atoms. The van der Waals surface area contributed by atoms with Crippen LogP contribution in [0.2, 0.25) is 0 Å². The maximum atomic E-state index is 8.52. The zero-order valence-electron chi connectivity index (χ0n) is 6.41. The summed E-state index contributed by atoms with van der Waals surface area (Å²) in [4.78, 5) is 0. The van der Waals surface area contributed by atoms with Crippen LogP contribution in [-0.2, 0) is 0 Å². The first kappa shape index (κ1) is 10.6. The molecule has 0 saturated heterocycles. The molecular formula is C9H7NaO. The zero-order valence-corrected chi connectivity index (χ0v) is 8.41. The van der Waals surface area contributed by atoms with E-state index in [0.717, 1.165) is 17.7 Å². The smallest absolute Gasteiger partial charge is 0.429 e. The van der Waals surface area contributed by atoms with Crippen molar-refractivity contribution in [3.8, 4) is 12.3 Å². The molecule has 0 aliphatic carbocycles. The Hall–Kier alpha value is -0.390. The fraction of sp³-hybridized carbons (Fsp3) is 0. The van der Waals surface area contributed by atoms with Crippen LogP contribution in [0.5, 0.6) is 0 Å². The van der Waals surface area contributed by atoms with Gasteiger partial charge in [-0.1, -0.05) is 12.5 Å². The third-order valence-corrected chi connectivity index (χ3v) is 1.23. The maximum Gasteiger partial charge on any atom is 1.00 e. The molecule has 0 radical (unpaired) electrons. The average Bonchev–Trinajstić information content (AvgIpc) is 2.05. The van der Waals surface area contributed by atoms with Crippen molar-refractivity contribution >= 4 is 0 Å². The third-order valence-electron chi connectivity index (χ3n) is 1.23. The van der Waals surface area contributed by atoms with Crippen molar-refractivity contribution in [2.24, 2.45) is 0 Å². The van der Waals surface area contributed by atoms with Crippen LogP contribution in [0.1, 0.15) is 11.1 Å². The summed E-state index contributed by atoms with van der Waals surface area (Å²) in [5.74, 6) is 2.48. The summed E-state index contributed by atoms with van der Waals surface area (Å²) in [6, 6.07) is 7.08. The second kappa shape index (κ2) is 5.29. The van der Waals surface area contributed by atoms with Crippen LogP contribution < -0.4 is 29.6 Å². The minimum absolute atomic E-state index is 0. The maximum absolute atomic E-state index is 8.52. The van der Waals surface area contributed by atoms with Gasteiger partial charge in [-0.15, -0.1) is 18.6 Å². The Morgan fingerprint density at radius 1 is 1.27 bits per heavy atom. The first-order chi connectivity index (χ1) is 4.86. The van der Waals surface area contributed by atoms with Crippen molar-refractivity contribution in [1.29, 1.82) is 0 Å². The van der Waals surface area contributed by atoms with Gasteiger partial charge in [-0.3, -0.25) is 0 Å². The van der Waals surface area contributed by atoms with Gasteiger partial charge < -0.3 is 5.11 Å². The Morgan fingerprint density at radius 3 is 2.18 bits per heavy atom. The molecule has 0 spiro atoms. The second-order valence-corrected chi connectivity index (χ2v) is 1.90. The summed E-state index contributed by atoms with van der Waals surface area (Å²) in [5.41, 5.74) is 1.59. The first-order valence-electron chi connectivity index (χ1n) is 2.91. The zero-order chi connectivity index (χ0) is 7.40. The van der Waals surface area contributed by atoms with Crippen LogP contribution in [0, 0.1) is 19.0 Å². The Kier molecular flexibility index (Phi) is 5.10. The number of aliphatic hydroxyl groups excluding tert-OH is 1. The van der Waals surface area contributed by atoms with Gasteiger partial charge in [-0.25, -0.2) is 0 Å². The van der Waals surface area contributed by atoms with Crippen LogP contribution >= 0.6 is 0 Å².